The smallest absolute Gasteiger partial charge is 0.258 e. The summed E-state index contributed by atoms with van der Waals surface area (Å²) in [4.78, 5) is 35.5. The second-order valence-corrected chi connectivity index (χ2v) is 8.83. The van der Waals surface area contributed by atoms with E-state index in [4.69, 9.17) is 4.52 Å². The number of aromatic nitrogens is 3. The number of likely N-dealkylation sites (tertiary alicyclic amines) is 1. The molecule has 1 N–H and O–H groups in total. The number of carbonyl (C=O) groups excluding carboxylic acids is 2. The molecule has 0 spiro atoms. The summed E-state index contributed by atoms with van der Waals surface area (Å²) in [5.41, 5.74) is 5.61. The Hall–Kier alpha value is -4.33. The quantitative estimate of drug-likeness (QED) is 0.451. The average molecular weight is 468 g/mol. The Morgan fingerprint density at radius 2 is 1.89 bits per heavy atom. The summed E-state index contributed by atoms with van der Waals surface area (Å²) in [6.45, 7) is 4.96. The number of anilines is 1. The van der Waals surface area contributed by atoms with Crippen LogP contribution in [0, 0.1) is 19.8 Å². The van der Waals surface area contributed by atoms with Crippen LogP contribution < -0.4 is 5.32 Å². The number of carbonyl (C=O) groups is 2. The van der Waals surface area contributed by atoms with Gasteiger partial charge in [-0.3, -0.25) is 14.6 Å². The summed E-state index contributed by atoms with van der Waals surface area (Å²) in [5.74, 6) is 0.344. The van der Waals surface area contributed by atoms with E-state index in [0.29, 0.717) is 30.5 Å². The molecule has 8 heteroatoms. The molecule has 2 aromatic carbocycles. The molecule has 1 unspecified atom stereocenters. The topological polar surface area (TPSA) is 101 Å². The van der Waals surface area contributed by atoms with Gasteiger partial charge < -0.3 is 14.7 Å². The van der Waals surface area contributed by atoms with Gasteiger partial charge in [0.05, 0.1) is 5.92 Å². The van der Waals surface area contributed by atoms with Crippen molar-refractivity contribution in [2.45, 2.75) is 26.8 Å². The molecule has 1 saturated heterocycles. The summed E-state index contributed by atoms with van der Waals surface area (Å²) in [7, 11) is 0. The lowest BCUT2D eigenvalue weighted by molar-refractivity contribution is -0.128. The van der Waals surface area contributed by atoms with E-state index < -0.39 is 5.92 Å². The first kappa shape index (κ1) is 22.5. The summed E-state index contributed by atoms with van der Waals surface area (Å²) in [5, 5.41) is 7.02. The van der Waals surface area contributed by atoms with Gasteiger partial charge in [-0.25, -0.2) is 0 Å². The van der Waals surface area contributed by atoms with Crippen LogP contribution in [0.4, 0.5) is 5.69 Å². The summed E-state index contributed by atoms with van der Waals surface area (Å²) < 4.78 is 5.45. The predicted octanol–water partition coefficient (Wildman–Crippen LogP) is 4.40. The molecule has 176 valence electrons. The Labute approximate surface area is 203 Å². The number of benzene rings is 2. The van der Waals surface area contributed by atoms with Gasteiger partial charge in [-0.1, -0.05) is 23.4 Å². The van der Waals surface area contributed by atoms with Gasteiger partial charge in [-0.2, -0.15) is 4.98 Å². The van der Waals surface area contributed by atoms with Crippen LogP contribution in [-0.2, 0) is 16.1 Å². The second kappa shape index (κ2) is 9.50. The van der Waals surface area contributed by atoms with E-state index in [9.17, 15) is 9.59 Å². The van der Waals surface area contributed by atoms with Crippen LogP contribution in [0.25, 0.3) is 22.8 Å². The van der Waals surface area contributed by atoms with Gasteiger partial charge in [-0.05, 0) is 66.9 Å². The molecule has 0 saturated carbocycles. The molecule has 0 aliphatic carbocycles. The van der Waals surface area contributed by atoms with Gasteiger partial charge in [-0.15, -0.1) is 0 Å². The highest BCUT2D eigenvalue weighted by atomic mass is 16.5. The first-order valence-corrected chi connectivity index (χ1v) is 11.5. The second-order valence-electron chi connectivity index (χ2n) is 8.83. The number of pyridine rings is 1. The number of amides is 2. The highest BCUT2D eigenvalue weighted by Crippen LogP contribution is 2.26. The molecule has 0 radical (unpaired) electrons. The first-order chi connectivity index (χ1) is 17.0. The number of aryl methyl sites for hydroxylation is 2. The van der Waals surface area contributed by atoms with E-state index in [2.05, 4.69) is 27.4 Å². The van der Waals surface area contributed by atoms with Crippen LogP contribution >= 0.6 is 0 Å². The number of nitrogens with zero attached hydrogens (tertiary/aromatic N) is 4. The van der Waals surface area contributed by atoms with E-state index in [0.717, 1.165) is 22.3 Å². The van der Waals surface area contributed by atoms with Crippen molar-refractivity contribution in [2.75, 3.05) is 11.9 Å². The van der Waals surface area contributed by atoms with Gasteiger partial charge in [0.1, 0.15) is 0 Å². The fourth-order valence-corrected chi connectivity index (χ4v) is 4.09. The van der Waals surface area contributed by atoms with Crippen LogP contribution in [0.15, 0.2) is 71.5 Å². The number of nitrogens with one attached hydrogen (secondary N) is 1. The highest BCUT2D eigenvalue weighted by molar-refractivity contribution is 5.97. The van der Waals surface area contributed by atoms with E-state index in [1.165, 1.54) is 5.56 Å². The molecule has 1 atom stereocenters. The van der Waals surface area contributed by atoms with Crippen molar-refractivity contribution in [1.82, 2.24) is 20.0 Å². The van der Waals surface area contributed by atoms with Gasteiger partial charge in [0.2, 0.25) is 17.6 Å². The van der Waals surface area contributed by atoms with Crippen molar-refractivity contribution in [3.63, 3.8) is 0 Å². The summed E-state index contributed by atoms with van der Waals surface area (Å²) in [6.07, 6.45) is 3.63. The molecule has 1 aliphatic heterocycles. The van der Waals surface area contributed by atoms with Crippen molar-refractivity contribution in [3.8, 4) is 22.8 Å². The Balaban J connectivity index is 1.21. The summed E-state index contributed by atoms with van der Waals surface area (Å²) >= 11 is 0. The maximum atomic E-state index is 12.8. The van der Waals surface area contributed by atoms with Crippen LogP contribution in [0.5, 0.6) is 0 Å². The van der Waals surface area contributed by atoms with E-state index in [1.54, 1.807) is 29.4 Å². The third-order valence-electron chi connectivity index (χ3n) is 6.27. The molecule has 1 fully saturated rings. The number of hydrogen-bond donors (Lipinski definition) is 1. The van der Waals surface area contributed by atoms with Gasteiger partial charge in [0.15, 0.2) is 0 Å². The minimum atomic E-state index is -0.393. The van der Waals surface area contributed by atoms with Gasteiger partial charge in [0.25, 0.3) is 5.89 Å². The highest BCUT2D eigenvalue weighted by Gasteiger charge is 2.34. The number of hydrogen-bond acceptors (Lipinski definition) is 6. The van der Waals surface area contributed by atoms with Crippen molar-refractivity contribution in [1.29, 1.82) is 0 Å². The van der Waals surface area contributed by atoms with E-state index >= 15 is 0 Å². The summed E-state index contributed by atoms with van der Waals surface area (Å²) in [6, 6.07) is 17.0. The molecule has 0 bridgehead atoms. The molecule has 4 aromatic rings. The molecule has 2 aromatic heterocycles. The molecular weight excluding hydrogens is 442 g/mol. The fraction of sp³-hybridized carbons (Fsp3) is 0.222. The number of rotatable bonds is 6. The molecule has 5 rings (SSSR count). The monoisotopic (exact) mass is 467 g/mol. The van der Waals surface area contributed by atoms with Gasteiger partial charge >= 0.3 is 0 Å². The van der Waals surface area contributed by atoms with E-state index in [-0.39, 0.29) is 18.2 Å². The van der Waals surface area contributed by atoms with Crippen LogP contribution in [0.2, 0.25) is 0 Å². The normalized spacial score (nSPS) is 15.4. The van der Waals surface area contributed by atoms with E-state index in [1.807, 2.05) is 49.4 Å². The predicted molar refractivity (Wildman–Crippen MR) is 131 cm³/mol. The Morgan fingerprint density at radius 3 is 2.63 bits per heavy atom. The Kier molecular flexibility index (Phi) is 6.10. The zero-order valence-electron chi connectivity index (χ0n) is 19.6. The van der Waals surface area contributed by atoms with Crippen molar-refractivity contribution >= 4 is 17.5 Å². The maximum Gasteiger partial charge on any atom is 0.258 e. The lowest BCUT2D eigenvalue weighted by Crippen LogP contribution is -2.28. The SMILES string of the molecule is Cc1ccc(-c2noc(-c3ccc(NC(=O)C4CC(=O)N(Cc5cccnc5)C4)cc3)n2)cc1C. The third-order valence-corrected chi connectivity index (χ3v) is 6.27. The molecule has 2 amide bonds. The minimum Gasteiger partial charge on any atom is -0.337 e. The molecule has 8 nitrogen and oxygen atoms in total. The fourth-order valence-electron chi connectivity index (χ4n) is 4.09. The van der Waals surface area contributed by atoms with Crippen LogP contribution in [0.1, 0.15) is 23.1 Å². The minimum absolute atomic E-state index is 0.0275. The molecule has 3 heterocycles. The zero-order chi connectivity index (χ0) is 24.4. The van der Waals surface area contributed by atoms with Gasteiger partial charge in [0, 0.05) is 48.7 Å². The zero-order valence-corrected chi connectivity index (χ0v) is 19.6. The van der Waals surface area contributed by atoms with Crippen LogP contribution in [0.3, 0.4) is 0 Å². The lowest BCUT2D eigenvalue weighted by atomic mass is 10.1. The molecular formula is C27H25N5O3. The largest absolute Gasteiger partial charge is 0.337 e. The molecule has 1 aliphatic rings. The average Bonchev–Trinajstić information content (AvgIpc) is 3.50. The maximum absolute atomic E-state index is 12.8. The van der Waals surface area contributed by atoms with Crippen LogP contribution in [-0.4, -0.2) is 38.4 Å². The third kappa shape index (κ3) is 4.96. The van der Waals surface area contributed by atoms with Crippen molar-refractivity contribution < 1.29 is 14.1 Å². The Bertz CT molecular complexity index is 1370. The van der Waals surface area contributed by atoms with Crippen molar-refractivity contribution in [2.24, 2.45) is 5.92 Å². The standard InChI is InChI=1S/C27H25N5O3/c1-17-5-6-21(12-18(17)2)25-30-27(35-31-25)20-7-9-23(10-8-20)29-26(34)22-13-24(33)32(16-22)15-19-4-3-11-28-14-19/h3-12,14,22H,13,15-16H2,1-2H3,(H,29,34). The van der Waals surface area contributed by atoms with Crippen molar-refractivity contribution in [3.05, 3.63) is 83.7 Å². The lowest BCUT2D eigenvalue weighted by Gasteiger charge is -2.16. The first-order valence-electron chi connectivity index (χ1n) is 11.5. The Morgan fingerprint density at radius 1 is 1.09 bits per heavy atom. The molecule has 35 heavy (non-hydrogen) atoms.